The van der Waals surface area contributed by atoms with Gasteiger partial charge in [0.1, 0.15) is 0 Å². The summed E-state index contributed by atoms with van der Waals surface area (Å²) in [6.07, 6.45) is 6.50. The van der Waals surface area contributed by atoms with Crippen molar-refractivity contribution in [2.24, 2.45) is 11.7 Å². The third kappa shape index (κ3) is 2.10. The van der Waals surface area contributed by atoms with Crippen molar-refractivity contribution in [3.63, 3.8) is 0 Å². The molecule has 0 radical (unpaired) electrons. The van der Waals surface area contributed by atoms with Gasteiger partial charge >= 0.3 is 0 Å². The molecule has 0 bridgehead atoms. The summed E-state index contributed by atoms with van der Waals surface area (Å²) in [6.45, 7) is 2.35. The monoisotopic (exact) mass is 198 g/mol. The molecule has 0 aromatic carbocycles. The number of hydrogen-bond acceptors (Lipinski definition) is 3. The molecule has 0 aromatic heterocycles. The molecule has 2 fully saturated rings. The van der Waals surface area contributed by atoms with Crippen molar-refractivity contribution in [2.45, 2.75) is 44.2 Å². The van der Waals surface area contributed by atoms with Crippen LogP contribution < -0.4 is 5.73 Å². The quantitative estimate of drug-likeness (QED) is 0.697. The van der Waals surface area contributed by atoms with Gasteiger partial charge in [0.05, 0.1) is 6.10 Å². The van der Waals surface area contributed by atoms with Crippen molar-refractivity contribution >= 4 is 0 Å². The van der Waals surface area contributed by atoms with Crippen LogP contribution in [0.2, 0.25) is 0 Å². The van der Waals surface area contributed by atoms with E-state index >= 15 is 0 Å². The van der Waals surface area contributed by atoms with Crippen molar-refractivity contribution in [3.8, 4) is 0 Å². The molecule has 3 atom stereocenters. The molecule has 3 N–H and O–H groups in total. The van der Waals surface area contributed by atoms with E-state index in [1.165, 1.54) is 32.1 Å². The Morgan fingerprint density at radius 2 is 2.07 bits per heavy atom. The van der Waals surface area contributed by atoms with E-state index < -0.39 is 0 Å². The highest BCUT2D eigenvalue weighted by Gasteiger charge is 2.35. The first-order valence-corrected chi connectivity index (χ1v) is 5.93. The van der Waals surface area contributed by atoms with Crippen LogP contribution in [-0.4, -0.2) is 41.8 Å². The van der Waals surface area contributed by atoms with Crippen LogP contribution in [0, 0.1) is 5.92 Å². The maximum Gasteiger partial charge on any atom is 0.0789 e. The molecule has 0 amide bonds. The maximum absolute atomic E-state index is 9.56. The summed E-state index contributed by atoms with van der Waals surface area (Å²) in [5.74, 6) is 0.911. The van der Waals surface area contributed by atoms with Crippen LogP contribution >= 0.6 is 0 Å². The number of likely N-dealkylation sites (tertiary alicyclic amines) is 1. The fourth-order valence-electron chi connectivity index (χ4n) is 3.13. The van der Waals surface area contributed by atoms with Gasteiger partial charge in [-0.1, -0.05) is 6.42 Å². The number of fused-ring (bicyclic) bond motifs is 1. The molecule has 2 unspecified atom stereocenters. The van der Waals surface area contributed by atoms with Crippen molar-refractivity contribution in [1.82, 2.24) is 4.90 Å². The van der Waals surface area contributed by atoms with Gasteiger partial charge in [0.2, 0.25) is 0 Å². The largest absolute Gasteiger partial charge is 0.390 e. The molecular weight excluding hydrogens is 176 g/mol. The van der Waals surface area contributed by atoms with Gasteiger partial charge in [0, 0.05) is 19.1 Å². The van der Waals surface area contributed by atoms with Crippen LogP contribution in [0.4, 0.5) is 0 Å². The first kappa shape index (κ1) is 10.4. The van der Waals surface area contributed by atoms with Gasteiger partial charge in [-0.25, -0.2) is 0 Å². The van der Waals surface area contributed by atoms with Crippen molar-refractivity contribution in [3.05, 3.63) is 0 Å². The zero-order valence-corrected chi connectivity index (χ0v) is 8.86. The van der Waals surface area contributed by atoms with Crippen LogP contribution in [-0.2, 0) is 0 Å². The van der Waals surface area contributed by atoms with E-state index in [0.717, 1.165) is 25.0 Å². The SMILES string of the molecule is NC[C@H](O)CN1CCCC2CCCC21. The number of nitrogens with two attached hydrogens (primary N) is 1. The van der Waals surface area contributed by atoms with E-state index in [4.69, 9.17) is 5.73 Å². The van der Waals surface area contributed by atoms with Crippen LogP contribution in [0.5, 0.6) is 0 Å². The normalized spacial score (nSPS) is 35.6. The number of aliphatic hydroxyl groups is 1. The molecule has 0 aromatic rings. The molecule has 3 heteroatoms. The Labute approximate surface area is 86.3 Å². The van der Waals surface area contributed by atoms with Crippen molar-refractivity contribution in [2.75, 3.05) is 19.6 Å². The Balaban J connectivity index is 1.90. The Morgan fingerprint density at radius 1 is 1.29 bits per heavy atom. The summed E-state index contributed by atoms with van der Waals surface area (Å²) < 4.78 is 0. The predicted molar refractivity (Wildman–Crippen MR) is 57.0 cm³/mol. The van der Waals surface area contributed by atoms with E-state index in [2.05, 4.69) is 4.90 Å². The lowest BCUT2D eigenvalue weighted by molar-refractivity contribution is 0.0546. The molecule has 1 aliphatic heterocycles. The number of β-amino-alcohol motifs (C(OH)–C–C–N with tert-alkyl or cyclic N) is 1. The van der Waals surface area contributed by atoms with E-state index in [-0.39, 0.29) is 6.10 Å². The second kappa shape index (κ2) is 4.60. The summed E-state index contributed by atoms with van der Waals surface area (Å²) in [5, 5.41) is 9.56. The second-order valence-corrected chi connectivity index (χ2v) is 4.79. The Kier molecular flexibility index (Phi) is 3.42. The maximum atomic E-state index is 9.56. The fraction of sp³-hybridized carbons (Fsp3) is 1.00. The summed E-state index contributed by atoms with van der Waals surface area (Å²) in [6, 6.07) is 0.755. The Hall–Kier alpha value is -0.120. The lowest BCUT2D eigenvalue weighted by Gasteiger charge is -2.38. The van der Waals surface area contributed by atoms with E-state index in [1.807, 2.05) is 0 Å². The van der Waals surface area contributed by atoms with Gasteiger partial charge in [-0.15, -0.1) is 0 Å². The summed E-state index contributed by atoms with van der Waals surface area (Å²) in [5.41, 5.74) is 5.45. The highest BCUT2D eigenvalue weighted by molar-refractivity contribution is 4.89. The second-order valence-electron chi connectivity index (χ2n) is 4.79. The molecule has 14 heavy (non-hydrogen) atoms. The first-order valence-electron chi connectivity index (χ1n) is 5.93. The molecular formula is C11H22N2O. The molecule has 3 nitrogen and oxygen atoms in total. The molecule has 1 saturated heterocycles. The van der Waals surface area contributed by atoms with Gasteiger partial charge in [-0.2, -0.15) is 0 Å². The fourth-order valence-corrected chi connectivity index (χ4v) is 3.13. The summed E-state index contributed by atoms with van der Waals surface area (Å²) >= 11 is 0. The Morgan fingerprint density at radius 3 is 2.86 bits per heavy atom. The van der Waals surface area contributed by atoms with Crippen molar-refractivity contribution < 1.29 is 5.11 Å². The van der Waals surface area contributed by atoms with Crippen LogP contribution in [0.25, 0.3) is 0 Å². The van der Waals surface area contributed by atoms with Crippen LogP contribution in [0.15, 0.2) is 0 Å². The highest BCUT2D eigenvalue weighted by Crippen LogP contribution is 2.36. The minimum absolute atomic E-state index is 0.325. The number of aliphatic hydroxyl groups excluding tert-OH is 1. The lowest BCUT2D eigenvalue weighted by Crippen LogP contribution is -2.47. The molecule has 1 heterocycles. The number of rotatable bonds is 3. The molecule has 1 aliphatic carbocycles. The highest BCUT2D eigenvalue weighted by atomic mass is 16.3. The van der Waals surface area contributed by atoms with Crippen LogP contribution in [0.1, 0.15) is 32.1 Å². The number of piperidine rings is 1. The molecule has 2 rings (SSSR count). The van der Waals surface area contributed by atoms with Gasteiger partial charge in [0.15, 0.2) is 0 Å². The molecule has 82 valence electrons. The Bertz CT molecular complexity index is 186. The summed E-state index contributed by atoms with van der Waals surface area (Å²) in [4.78, 5) is 2.47. The molecule has 2 aliphatic rings. The zero-order valence-electron chi connectivity index (χ0n) is 8.86. The topological polar surface area (TPSA) is 49.5 Å². The van der Waals surface area contributed by atoms with Gasteiger partial charge in [-0.05, 0) is 38.1 Å². The molecule has 0 spiro atoms. The lowest BCUT2D eigenvalue weighted by atomic mass is 9.92. The smallest absolute Gasteiger partial charge is 0.0789 e. The standard InChI is InChI=1S/C11H22N2O/c12-7-10(14)8-13-6-2-4-9-3-1-5-11(9)13/h9-11,14H,1-8,12H2/t9?,10-,11?/m0/s1. The van der Waals surface area contributed by atoms with E-state index in [0.29, 0.717) is 6.54 Å². The van der Waals surface area contributed by atoms with Crippen molar-refractivity contribution in [1.29, 1.82) is 0 Å². The predicted octanol–water partition coefficient (Wildman–Crippen LogP) is 0.570. The van der Waals surface area contributed by atoms with Gasteiger partial charge < -0.3 is 10.8 Å². The zero-order chi connectivity index (χ0) is 9.97. The first-order chi connectivity index (χ1) is 6.81. The van der Waals surface area contributed by atoms with E-state index in [1.54, 1.807) is 0 Å². The average molecular weight is 198 g/mol. The van der Waals surface area contributed by atoms with E-state index in [9.17, 15) is 5.11 Å². The minimum atomic E-state index is -0.325. The van der Waals surface area contributed by atoms with Gasteiger partial charge in [0.25, 0.3) is 0 Å². The van der Waals surface area contributed by atoms with Crippen LogP contribution in [0.3, 0.4) is 0 Å². The third-order valence-electron chi connectivity index (χ3n) is 3.83. The minimum Gasteiger partial charge on any atom is -0.390 e. The number of nitrogens with zero attached hydrogens (tertiary/aromatic N) is 1. The molecule has 1 saturated carbocycles. The van der Waals surface area contributed by atoms with Gasteiger partial charge in [-0.3, -0.25) is 4.90 Å². The third-order valence-corrected chi connectivity index (χ3v) is 3.83. The summed E-state index contributed by atoms with van der Waals surface area (Å²) in [7, 11) is 0. The number of hydrogen-bond donors (Lipinski definition) is 2. The average Bonchev–Trinajstić information content (AvgIpc) is 2.66.